The minimum atomic E-state index is -0.918. The largest absolute Gasteiger partial charge is 0.496 e. The Morgan fingerprint density at radius 2 is 1.86 bits per heavy atom. The third-order valence-electron chi connectivity index (χ3n) is 2.59. The van der Waals surface area contributed by atoms with Crippen LogP contribution in [0.3, 0.4) is 0 Å². The van der Waals surface area contributed by atoms with E-state index < -0.39 is 6.23 Å². The van der Waals surface area contributed by atoms with Gasteiger partial charge in [-0.3, -0.25) is 0 Å². The molecule has 14 heavy (non-hydrogen) atoms. The van der Waals surface area contributed by atoms with E-state index in [2.05, 4.69) is 0 Å². The molecular formula is C11H17NO2. The zero-order valence-electron chi connectivity index (χ0n) is 9.09. The van der Waals surface area contributed by atoms with Gasteiger partial charge in [0.05, 0.1) is 7.11 Å². The molecule has 0 aliphatic rings. The molecule has 1 atom stereocenters. The molecule has 0 spiro atoms. The van der Waals surface area contributed by atoms with E-state index in [0.717, 1.165) is 28.0 Å². The van der Waals surface area contributed by atoms with Gasteiger partial charge in [0, 0.05) is 0 Å². The fourth-order valence-corrected chi connectivity index (χ4v) is 1.71. The maximum Gasteiger partial charge on any atom is 0.128 e. The standard InChI is InChI=1S/C11H17NO2/c1-6-5-9(11(12)13)7(2)8(3)10(6)14-4/h5,11,13H,12H2,1-4H3. The predicted molar refractivity (Wildman–Crippen MR) is 56.4 cm³/mol. The maximum absolute atomic E-state index is 9.35. The summed E-state index contributed by atoms with van der Waals surface area (Å²) >= 11 is 0. The highest BCUT2D eigenvalue weighted by Gasteiger charge is 2.13. The van der Waals surface area contributed by atoms with Crippen LogP contribution in [0.4, 0.5) is 0 Å². The molecule has 0 aliphatic carbocycles. The second-order valence-electron chi connectivity index (χ2n) is 3.51. The number of benzene rings is 1. The van der Waals surface area contributed by atoms with Gasteiger partial charge in [-0.25, -0.2) is 0 Å². The number of nitrogens with two attached hydrogens (primary N) is 1. The highest BCUT2D eigenvalue weighted by Crippen LogP contribution is 2.30. The number of ether oxygens (including phenoxy) is 1. The van der Waals surface area contributed by atoms with Crippen LogP contribution in [0.2, 0.25) is 0 Å². The summed E-state index contributed by atoms with van der Waals surface area (Å²) in [6.07, 6.45) is -0.918. The molecule has 0 saturated carbocycles. The molecule has 0 saturated heterocycles. The van der Waals surface area contributed by atoms with Gasteiger partial charge in [0.25, 0.3) is 0 Å². The number of hydrogen-bond acceptors (Lipinski definition) is 3. The minimum Gasteiger partial charge on any atom is -0.496 e. The van der Waals surface area contributed by atoms with E-state index >= 15 is 0 Å². The average molecular weight is 195 g/mol. The van der Waals surface area contributed by atoms with Crippen molar-refractivity contribution in [3.63, 3.8) is 0 Å². The fraction of sp³-hybridized carbons (Fsp3) is 0.455. The van der Waals surface area contributed by atoms with Gasteiger partial charge in [-0.2, -0.15) is 0 Å². The molecule has 0 aliphatic heterocycles. The number of rotatable bonds is 2. The predicted octanol–water partition coefficient (Wildman–Crippen LogP) is 1.57. The first-order chi connectivity index (χ1) is 6.49. The normalized spacial score (nSPS) is 12.7. The van der Waals surface area contributed by atoms with Gasteiger partial charge in [0.2, 0.25) is 0 Å². The summed E-state index contributed by atoms with van der Waals surface area (Å²) in [5.41, 5.74) is 9.24. The molecule has 0 bridgehead atoms. The molecule has 0 heterocycles. The monoisotopic (exact) mass is 195 g/mol. The molecule has 3 nitrogen and oxygen atoms in total. The highest BCUT2D eigenvalue weighted by atomic mass is 16.5. The first-order valence-corrected chi connectivity index (χ1v) is 4.57. The fourth-order valence-electron chi connectivity index (χ4n) is 1.71. The molecule has 0 radical (unpaired) electrons. The average Bonchev–Trinajstić information content (AvgIpc) is 2.12. The van der Waals surface area contributed by atoms with Crippen LogP contribution in [-0.4, -0.2) is 12.2 Å². The highest BCUT2D eigenvalue weighted by molar-refractivity contribution is 5.49. The lowest BCUT2D eigenvalue weighted by Gasteiger charge is -2.16. The SMILES string of the molecule is COc1c(C)cc(C(N)O)c(C)c1C. The van der Waals surface area contributed by atoms with Crippen molar-refractivity contribution in [2.24, 2.45) is 5.73 Å². The third-order valence-corrected chi connectivity index (χ3v) is 2.59. The van der Waals surface area contributed by atoms with Crippen molar-refractivity contribution in [3.05, 3.63) is 28.3 Å². The van der Waals surface area contributed by atoms with E-state index in [1.165, 1.54) is 0 Å². The molecule has 1 rings (SSSR count). The molecule has 0 amide bonds. The van der Waals surface area contributed by atoms with Gasteiger partial charge < -0.3 is 15.6 Å². The van der Waals surface area contributed by atoms with Crippen molar-refractivity contribution in [3.8, 4) is 5.75 Å². The molecule has 3 N–H and O–H groups in total. The van der Waals surface area contributed by atoms with Crippen LogP contribution in [0, 0.1) is 20.8 Å². The van der Waals surface area contributed by atoms with Gasteiger partial charge >= 0.3 is 0 Å². The van der Waals surface area contributed by atoms with Crippen LogP contribution in [0.1, 0.15) is 28.5 Å². The Morgan fingerprint density at radius 1 is 1.29 bits per heavy atom. The smallest absolute Gasteiger partial charge is 0.128 e. The zero-order valence-corrected chi connectivity index (χ0v) is 9.09. The summed E-state index contributed by atoms with van der Waals surface area (Å²) in [6.45, 7) is 5.84. The summed E-state index contributed by atoms with van der Waals surface area (Å²) in [7, 11) is 1.65. The number of aliphatic hydroxyl groups excluding tert-OH is 1. The topological polar surface area (TPSA) is 55.5 Å². The number of aliphatic hydroxyl groups is 1. The molecule has 1 aromatic rings. The summed E-state index contributed by atoms with van der Waals surface area (Å²) in [6, 6.07) is 1.87. The minimum absolute atomic E-state index is 0.765. The molecule has 1 unspecified atom stereocenters. The van der Waals surface area contributed by atoms with E-state index in [-0.39, 0.29) is 0 Å². The van der Waals surface area contributed by atoms with Gasteiger partial charge in [0.15, 0.2) is 0 Å². The van der Waals surface area contributed by atoms with Crippen molar-refractivity contribution in [1.29, 1.82) is 0 Å². The van der Waals surface area contributed by atoms with E-state index in [4.69, 9.17) is 10.5 Å². The quantitative estimate of drug-likeness (QED) is 0.704. The summed E-state index contributed by atoms with van der Waals surface area (Å²) in [5, 5.41) is 9.35. The zero-order chi connectivity index (χ0) is 10.9. The Labute approximate surface area is 84.5 Å². The van der Waals surface area contributed by atoms with Crippen LogP contribution in [-0.2, 0) is 0 Å². The Balaban J connectivity index is 3.40. The Morgan fingerprint density at radius 3 is 2.29 bits per heavy atom. The molecule has 3 heteroatoms. The first kappa shape index (κ1) is 11.0. The second kappa shape index (κ2) is 3.98. The van der Waals surface area contributed by atoms with E-state index in [1.807, 2.05) is 26.8 Å². The number of methoxy groups -OCH3 is 1. The Bertz CT molecular complexity index is 346. The van der Waals surface area contributed by atoms with Crippen molar-refractivity contribution in [2.45, 2.75) is 27.0 Å². The van der Waals surface area contributed by atoms with Crippen molar-refractivity contribution >= 4 is 0 Å². The van der Waals surface area contributed by atoms with Crippen molar-refractivity contribution in [2.75, 3.05) is 7.11 Å². The first-order valence-electron chi connectivity index (χ1n) is 4.57. The third kappa shape index (κ3) is 1.74. The van der Waals surface area contributed by atoms with Crippen LogP contribution < -0.4 is 10.5 Å². The second-order valence-corrected chi connectivity index (χ2v) is 3.51. The van der Waals surface area contributed by atoms with Crippen LogP contribution in [0.25, 0.3) is 0 Å². The van der Waals surface area contributed by atoms with Crippen molar-refractivity contribution in [1.82, 2.24) is 0 Å². The number of hydrogen-bond donors (Lipinski definition) is 2. The lowest BCUT2D eigenvalue weighted by atomic mass is 9.98. The summed E-state index contributed by atoms with van der Waals surface area (Å²) in [4.78, 5) is 0. The van der Waals surface area contributed by atoms with E-state index in [1.54, 1.807) is 7.11 Å². The molecule has 1 aromatic carbocycles. The van der Waals surface area contributed by atoms with Gasteiger partial charge in [-0.15, -0.1) is 0 Å². The van der Waals surface area contributed by atoms with Crippen LogP contribution in [0.15, 0.2) is 6.07 Å². The van der Waals surface area contributed by atoms with Crippen LogP contribution >= 0.6 is 0 Å². The summed E-state index contributed by atoms with van der Waals surface area (Å²) < 4.78 is 5.27. The Kier molecular flexibility index (Phi) is 3.13. The molecule has 0 aromatic heterocycles. The van der Waals surface area contributed by atoms with Gasteiger partial charge in [-0.1, -0.05) is 0 Å². The summed E-state index contributed by atoms with van der Waals surface area (Å²) in [5.74, 6) is 0.868. The van der Waals surface area contributed by atoms with Crippen LogP contribution in [0.5, 0.6) is 5.75 Å². The van der Waals surface area contributed by atoms with E-state index in [0.29, 0.717) is 0 Å². The lowest BCUT2D eigenvalue weighted by Crippen LogP contribution is -2.12. The van der Waals surface area contributed by atoms with Gasteiger partial charge in [0.1, 0.15) is 12.0 Å². The molecule has 0 fully saturated rings. The lowest BCUT2D eigenvalue weighted by molar-refractivity contribution is 0.185. The maximum atomic E-state index is 9.35. The molecule has 78 valence electrons. The van der Waals surface area contributed by atoms with Crippen molar-refractivity contribution < 1.29 is 9.84 Å². The Hall–Kier alpha value is -1.06. The molecular weight excluding hydrogens is 178 g/mol. The number of aryl methyl sites for hydroxylation is 1. The van der Waals surface area contributed by atoms with Gasteiger partial charge in [-0.05, 0) is 49.1 Å². The van der Waals surface area contributed by atoms with E-state index in [9.17, 15) is 5.11 Å².